The van der Waals surface area contributed by atoms with Crippen molar-refractivity contribution in [2.75, 3.05) is 6.54 Å². The molecule has 1 amide bonds. The third-order valence-corrected chi connectivity index (χ3v) is 3.23. The highest BCUT2D eigenvalue weighted by molar-refractivity contribution is 5.91. The van der Waals surface area contributed by atoms with Crippen LogP contribution in [0.5, 0.6) is 0 Å². The fourth-order valence-electron chi connectivity index (χ4n) is 1.94. The summed E-state index contributed by atoms with van der Waals surface area (Å²) in [6.07, 6.45) is 0.582. The molecule has 1 aliphatic heterocycles. The molecule has 23 heavy (non-hydrogen) atoms. The van der Waals surface area contributed by atoms with E-state index >= 15 is 0 Å². The van der Waals surface area contributed by atoms with E-state index < -0.39 is 5.60 Å². The highest BCUT2D eigenvalue weighted by Gasteiger charge is 2.24. The monoisotopic (exact) mass is 318 g/mol. The van der Waals surface area contributed by atoms with Gasteiger partial charge in [0.05, 0.1) is 12.3 Å². The molecule has 2 heterocycles. The molecule has 1 unspecified atom stereocenters. The van der Waals surface area contributed by atoms with Gasteiger partial charge in [-0.25, -0.2) is 0 Å². The second-order valence-electron chi connectivity index (χ2n) is 6.35. The first-order chi connectivity index (χ1) is 10.7. The van der Waals surface area contributed by atoms with Crippen molar-refractivity contribution in [1.29, 1.82) is 0 Å². The van der Waals surface area contributed by atoms with Gasteiger partial charge in [0.2, 0.25) is 0 Å². The fraction of sp³-hybridized carbons (Fsp3) is 0.529. The molecule has 0 aliphatic carbocycles. The average Bonchev–Trinajstić information content (AvgIpc) is 3.11. The van der Waals surface area contributed by atoms with Crippen LogP contribution in [0.15, 0.2) is 21.7 Å². The molecule has 0 fully saturated rings. The normalized spacial score (nSPS) is 17.3. The Hall–Kier alpha value is -2.26. The summed E-state index contributed by atoms with van der Waals surface area (Å²) in [6.45, 7) is 7.63. The average molecular weight is 318 g/mol. The molecule has 6 nitrogen and oxygen atoms in total. The maximum atomic E-state index is 12.0. The van der Waals surface area contributed by atoms with Crippen molar-refractivity contribution < 1.29 is 19.2 Å². The molecular formula is C17H22N2O4. The van der Waals surface area contributed by atoms with E-state index in [0.29, 0.717) is 18.2 Å². The van der Waals surface area contributed by atoms with Gasteiger partial charge in [0, 0.05) is 6.42 Å². The summed E-state index contributed by atoms with van der Waals surface area (Å²) >= 11 is 0. The molecule has 2 N–H and O–H groups in total. The number of aliphatic hydroxyl groups is 1. The zero-order valence-corrected chi connectivity index (χ0v) is 13.8. The summed E-state index contributed by atoms with van der Waals surface area (Å²) in [7, 11) is 0. The molecular weight excluding hydrogens is 296 g/mol. The van der Waals surface area contributed by atoms with Crippen molar-refractivity contribution in [1.82, 2.24) is 5.32 Å². The number of hydrogen-bond acceptors (Lipinski definition) is 5. The lowest BCUT2D eigenvalue weighted by Gasteiger charge is -2.09. The summed E-state index contributed by atoms with van der Waals surface area (Å²) in [5.41, 5.74) is -0.102. The second kappa shape index (κ2) is 6.88. The lowest BCUT2D eigenvalue weighted by atomic mass is 10.0. The van der Waals surface area contributed by atoms with E-state index in [1.807, 2.05) is 0 Å². The minimum atomic E-state index is -1.11. The Morgan fingerprint density at radius 3 is 2.87 bits per heavy atom. The van der Waals surface area contributed by atoms with Gasteiger partial charge in [0.1, 0.15) is 11.7 Å². The minimum Gasteiger partial charge on any atom is -0.443 e. The van der Waals surface area contributed by atoms with Crippen molar-refractivity contribution in [2.45, 2.75) is 45.8 Å². The van der Waals surface area contributed by atoms with Gasteiger partial charge in [0.15, 0.2) is 11.5 Å². The van der Waals surface area contributed by atoms with Gasteiger partial charge in [0.25, 0.3) is 5.91 Å². The summed E-state index contributed by atoms with van der Waals surface area (Å²) in [6, 6.07) is 3.15. The molecule has 6 heteroatoms. The van der Waals surface area contributed by atoms with Gasteiger partial charge in [-0.3, -0.25) is 4.79 Å². The predicted molar refractivity (Wildman–Crippen MR) is 86.0 cm³/mol. The van der Waals surface area contributed by atoms with Crippen LogP contribution in [0.25, 0.3) is 0 Å². The van der Waals surface area contributed by atoms with Crippen molar-refractivity contribution in [3.63, 3.8) is 0 Å². The maximum Gasteiger partial charge on any atom is 0.287 e. The van der Waals surface area contributed by atoms with E-state index in [0.717, 1.165) is 12.1 Å². The van der Waals surface area contributed by atoms with E-state index in [4.69, 9.17) is 9.25 Å². The number of carbonyl (C=O) groups is 1. The number of rotatable bonds is 4. The Morgan fingerprint density at radius 1 is 1.52 bits per heavy atom. The molecule has 1 atom stereocenters. The lowest BCUT2D eigenvalue weighted by Crippen LogP contribution is -2.32. The molecule has 0 aromatic carbocycles. The molecule has 124 valence electrons. The van der Waals surface area contributed by atoms with Crippen molar-refractivity contribution >= 4 is 11.6 Å². The van der Waals surface area contributed by atoms with E-state index in [1.165, 1.54) is 0 Å². The minimum absolute atomic E-state index is 0.138. The van der Waals surface area contributed by atoms with Crippen LogP contribution >= 0.6 is 0 Å². The van der Waals surface area contributed by atoms with Crippen LogP contribution < -0.4 is 5.32 Å². The number of carbonyl (C=O) groups excluding carboxylic acids is 1. The van der Waals surface area contributed by atoms with Gasteiger partial charge in [-0.1, -0.05) is 24.9 Å². The summed E-state index contributed by atoms with van der Waals surface area (Å²) in [4.78, 5) is 17.3. The zero-order chi connectivity index (χ0) is 17.0. The summed E-state index contributed by atoms with van der Waals surface area (Å²) < 4.78 is 5.35. The molecule has 1 aliphatic rings. The Kier molecular flexibility index (Phi) is 5.12. The largest absolute Gasteiger partial charge is 0.443 e. The van der Waals surface area contributed by atoms with Crippen molar-refractivity contribution in [3.05, 3.63) is 23.7 Å². The van der Waals surface area contributed by atoms with Gasteiger partial charge in [-0.15, -0.1) is 0 Å². The first-order valence-corrected chi connectivity index (χ1v) is 7.61. The highest BCUT2D eigenvalue weighted by Crippen LogP contribution is 2.15. The van der Waals surface area contributed by atoms with Gasteiger partial charge in [-0.2, -0.15) is 0 Å². The summed E-state index contributed by atoms with van der Waals surface area (Å²) in [5, 5.41) is 16.3. The predicted octanol–water partition coefficient (Wildman–Crippen LogP) is 1.93. The van der Waals surface area contributed by atoms with Gasteiger partial charge >= 0.3 is 0 Å². The Morgan fingerprint density at radius 2 is 2.26 bits per heavy atom. The number of amides is 1. The molecule has 0 bridgehead atoms. The molecule has 0 spiro atoms. The van der Waals surface area contributed by atoms with Crippen LogP contribution in [0.1, 0.15) is 50.4 Å². The molecule has 1 aromatic rings. The molecule has 2 rings (SSSR count). The number of hydrogen-bond donors (Lipinski definition) is 2. The van der Waals surface area contributed by atoms with Crippen molar-refractivity contribution in [3.8, 4) is 11.8 Å². The van der Waals surface area contributed by atoms with E-state index in [1.54, 1.807) is 26.0 Å². The number of oxime groups is 1. The molecule has 0 radical (unpaired) electrons. The number of nitrogens with zero attached hydrogens (tertiary/aromatic N) is 1. The van der Waals surface area contributed by atoms with Crippen LogP contribution in [-0.4, -0.2) is 35.0 Å². The van der Waals surface area contributed by atoms with Gasteiger partial charge < -0.3 is 19.7 Å². The highest BCUT2D eigenvalue weighted by atomic mass is 16.6. The van der Waals surface area contributed by atoms with E-state index in [2.05, 4.69) is 36.2 Å². The molecule has 0 saturated carbocycles. The van der Waals surface area contributed by atoms with Crippen molar-refractivity contribution in [2.24, 2.45) is 11.1 Å². The summed E-state index contributed by atoms with van der Waals surface area (Å²) in [5.74, 6) is 5.83. The maximum absolute atomic E-state index is 12.0. The van der Waals surface area contributed by atoms with Crippen LogP contribution in [0.4, 0.5) is 0 Å². The molecule has 1 aromatic heterocycles. The number of nitrogens with one attached hydrogen (secondary N) is 1. The zero-order valence-electron chi connectivity index (χ0n) is 13.8. The second-order valence-corrected chi connectivity index (χ2v) is 6.35. The van der Waals surface area contributed by atoms with E-state index in [9.17, 15) is 9.90 Å². The topological polar surface area (TPSA) is 84.1 Å². The fourth-order valence-corrected chi connectivity index (χ4v) is 1.94. The first kappa shape index (κ1) is 17.1. The lowest BCUT2D eigenvalue weighted by molar-refractivity contribution is 0.0739. The Labute approximate surface area is 135 Å². The Bertz CT molecular complexity index is 656. The van der Waals surface area contributed by atoms with E-state index in [-0.39, 0.29) is 17.8 Å². The third-order valence-electron chi connectivity index (χ3n) is 3.23. The van der Waals surface area contributed by atoms with Crippen LogP contribution in [-0.2, 0) is 4.84 Å². The Balaban J connectivity index is 1.85. The van der Waals surface area contributed by atoms with Crippen LogP contribution in [0.3, 0.4) is 0 Å². The van der Waals surface area contributed by atoms with Crippen LogP contribution in [0.2, 0.25) is 0 Å². The quantitative estimate of drug-likeness (QED) is 0.831. The SMILES string of the molecule is CC(C)C1=NOC(CNC(=O)c2ccc(C#CC(C)(C)O)o2)C1. The first-order valence-electron chi connectivity index (χ1n) is 7.61. The van der Waals surface area contributed by atoms with Gasteiger partial charge in [-0.05, 0) is 37.8 Å². The number of furan rings is 1. The smallest absolute Gasteiger partial charge is 0.287 e. The standard InChI is InChI=1S/C17H22N2O4/c1-11(2)14-9-13(23-19-14)10-18-16(20)15-6-5-12(22-15)7-8-17(3,4)21/h5-6,11,13,21H,9-10H2,1-4H3,(H,18,20). The third kappa shape index (κ3) is 5.15. The van der Waals surface area contributed by atoms with Crippen LogP contribution in [0, 0.1) is 17.8 Å². The molecule has 0 saturated heterocycles.